The summed E-state index contributed by atoms with van der Waals surface area (Å²) < 4.78 is 5.57. The van der Waals surface area contributed by atoms with Gasteiger partial charge in [0.05, 0.1) is 6.10 Å². The topological polar surface area (TPSA) is 24.5 Å². The Hall–Kier alpha value is -0.120. The molecule has 1 saturated heterocycles. The molecule has 84 valence electrons. The largest absolute Gasteiger partial charge is 0.378 e. The number of ether oxygens (including phenoxy) is 1. The highest BCUT2D eigenvalue weighted by atomic mass is 16.5. The first-order chi connectivity index (χ1) is 6.68. The van der Waals surface area contributed by atoms with Gasteiger partial charge in [-0.05, 0) is 46.8 Å². The van der Waals surface area contributed by atoms with Crippen molar-refractivity contribution in [2.75, 3.05) is 33.8 Å². The maximum Gasteiger partial charge on any atom is 0.0588 e. The van der Waals surface area contributed by atoms with E-state index in [9.17, 15) is 0 Å². The Morgan fingerprint density at radius 2 is 2.29 bits per heavy atom. The predicted molar refractivity (Wildman–Crippen MR) is 59.6 cm³/mol. The van der Waals surface area contributed by atoms with Crippen molar-refractivity contribution in [1.29, 1.82) is 0 Å². The Morgan fingerprint density at radius 3 is 2.86 bits per heavy atom. The molecule has 1 aliphatic rings. The molecular formula is C11H24N2O. The van der Waals surface area contributed by atoms with E-state index >= 15 is 0 Å². The first kappa shape index (κ1) is 12.0. The van der Waals surface area contributed by atoms with Gasteiger partial charge in [0.25, 0.3) is 0 Å². The number of hydrogen-bond donors (Lipinski definition) is 1. The lowest BCUT2D eigenvalue weighted by molar-refractivity contribution is 0.103. The SMILES string of the molecule is CC(CN(C)C)NCCC1CCCO1. The summed E-state index contributed by atoms with van der Waals surface area (Å²) in [6.07, 6.45) is 4.19. The van der Waals surface area contributed by atoms with Gasteiger partial charge in [-0.15, -0.1) is 0 Å². The second-order valence-electron chi connectivity index (χ2n) is 4.54. The normalized spacial score (nSPS) is 24.4. The van der Waals surface area contributed by atoms with Crippen LogP contribution in [0.2, 0.25) is 0 Å². The quantitative estimate of drug-likeness (QED) is 0.695. The lowest BCUT2D eigenvalue weighted by atomic mass is 10.2. The second kappa shape index (κ2) is 6.38. The van der Waals surface area contributed by atoms with Crippen molar-refractivity contribution in [3.05, 3.63) is 0 Å². The van der Waals surface area contributed by atoms with Crippen LogP contribution >= 0.6 is 0 Å². The number of hydrogen-bond acceptors (Lipinski definition) is 3. The molecule has 0 aromatic carbocycles. The third kappa shape index (κ3) is 4.94. The Kier molecular flexibility index (Phi) is 5.45. The molecule has 1 rings (SSSR count). The molecule has 1 N–H and O–H groups in total. The zero-order valence-electron chi connectivity index (χ0n) is 9.75. The van der Waals surface area contributed by atoms with Crippen LogP contribution in [-0.4, -0.2) is 50.8 Å². The van der Waals surface area contributed by atoms with Crippen molar-refractivity contribution in [2.24, 2.45) is 0 Å². The highest BCUT2D eigenvalue weighted by Gasteiger charge is 2.14. The summed E-state index contributed by atoms with van der Waals surface area (Å²) in [4.78, 5) is 2.21. The standard InChI is InChI=1S/C11H24N2O/c1-10(9-13(2)3)12-7-6-11-5-4-8-14-11/h10-12H,4-9H2,1-3H3. The van der Waals surface area contributed by atoms with E-state index in [2.05, 4.69) is 31.2 Å². The summed E-state index contributed by atoms with van der Waals surface area (Å²) in [5, 5.41) is 3.52. The van der Waals surface area contributed by atoms with Gasteiger partial charge in [-0.2, -0.15) is 0 Å². The van der Waals surface area contributed by atoms with Crippen molar-refractivity contribution in [3.63, 3.8) is 0 Å². The lowest BCUT2D eigenvalue weighted by Gasteiger charge is -2.19. The van der Waals surface area contributed by atoms with Crippen LogP contribution in [0.1, 0.15) is 26.2 Å². The van der Waals surface area contributed by atoms with E-state index in [1.807, 2.05) is 0 Å². The van der Waals surface area contributed by atoms with Crippen LogP contribution in [0.4, 0.5) is 0 Å². The van der Waals surface area contributed by atoms with Gasteiger partial charge >= 0.3 is 0 Å². The van der Waals surface area contributed by atoms with Gasteiger partial charge in [0.15, 0.2) is 0 Å². The van der Waals surface area contributed by atoms with Gasteiger partial charge in [-0.1, -0.05) is 0 Å². The number of likely N-dealkylation sites (N-methyl/N-ethyl adjacent to an activating group) is 1. The molecule has 1 fully saturated rings. The van der Waals surface area contributed by atoms with Crippen molar-refractivity contribution < 1.29 is 4.74 Å². The van der Waals surface area contributed by atoms with Gasteiger partial charge in [-0.3, -0.25) is 0 Å². The Bertz CT molecular complexity index is 144. The molecule has 3 nitrogen and oxygen atoms in total. The second-order valence-corrected chi connectivity index (χ2v) is 4.54. The fraction of sp³-hybridized carbons (Fsp3) is 1.00. The summed E-state index contributed by atoms with van der Waals surface area (Å²) in [7, 11) is 4.22. The molecule has 3 heteroatoms. The van der Waals surface area contributed by atoms with Crippen molar-refractivity contribution >= 4 is 0 Å². The molecule has 1 aliphatic heterocycles. The molecule has 2 atom stereocenters. The van der Waals surface area contributed by atoms with Crippen molar-refractivity contribution in [1.82, 2.24) is 10.2 Å². The zero-order valence-corrected chi connectivity index (χ0v) is 9.75. The Labute approximate surface area is 87.8 Å². The summed E-state index contributed by atoms with van der Waals surface area (Å²) in [6, 6.07) is 0.575. The monoisotopic (exact) mass is 200 g/mol. The fourth-order valence-corrected chi connectivity index (χ4v) is 1.98. The number of nitrogens with zero attached hydrogens (tertiary/aromatic N) is 1. The van der Waals surface area contributed by atoms with E-state index in [1.165, 1.54) is 12.8 Å². The van der Waals surface area contributed by atoms with E-state index in [1.54, 1.807) is 0 Å². The van der Waals surface area contributed by atoms with E-state index in [4.69, 9.17) is 4.74 Å². The maximum atomic E-state index is 5.57. The Morgan fingerprint density at radius 1 is 1.50 bits per heavy atom. The molecule has 0 radical (unpaired) electrons. The summed E-state index contributed by atoms with van der Waals surface area (Å²) in [5.41, 5.74) is 0. The minimum absolute atomic E-state index is 0.522. The molecule has 0 saturated carbocycles. The minimum atomic E-state index is 0.522. The first-order valence-corrected chi connectivity index (χ1v) is 5.68. The molecule has 0 spiro atoms. The van der Waals surface area contributed by atoms with Crippen LogP contribution in [0.5, 0.6) is 0 Å². The zero-order chi connectivity index (χ0) is 10.4. The number of nitrogens with one attached hydrogen (secondary N) is 1. The molecule has 0 aromatic heterocycles. The third-order valence-corrected chi connectivity index (χ3v) is 2.62. The van der Waals surface area contributed by atoms with Crippen LogP contribution in [0.15, 0.2) is 0 Å². The van der Waals surface area contributed by atoms with Crippen LogP contribution in [0.25, 0.3) is 0 Å². The summed E-state index contributed by atoms with van der Waals surface area (Å²) >= 11 is 0. The smallest absolute Gasteiger partial charge is 0.0588 e. The molecule has 0 amide bonds. The number of rotatable bonds is 6. The molecule has 0 bridgehead atoms. The van der Waals surface area contributed by atoms with Crippen molar-refractivity contribution in [2.45, 2.75) is 38.3 Å². The molecule has 14 heavy (non-hydrogen) atoms. The van der Waals surface area contributed by atoms with Crippen LogP contribution in [0.3, 0.4) is 0 Å². The Balaban J connectivity index is 1.96. The van der Waals surface area contributed by atoms with Gasteiger partial charge in [0, 0.05) is 19.2 Å². The highest BCUT2D eigenvalue weighted by molar-refractivity contribution is 4.69. The highest BCUT2D eigenvalue weighted by Crippen LogP contribution is 2.14. The van der Waals surface area contributed by atoms with Gasteiger partial charge < -0.3 is 15.0 Å². The van der Waals surface area contributed by atoms with E-state index in [0.717, 1.165) is 26.1 Å². The average molecular weight is 200 g/mol. The van der Waals surface area contributed by atoms with E-state index in [0.29, 0.717) is 12.1 Å². The third-order valence-electron chi connectivity index (χ3n) is 2.62. The minimum Gasteiger partial charge on any atom is -0.378 e. The van der Waals surface area contributed by atoms with Gasteiger partial charge in [-0.25, -0.2) is 0 Å². The lowest BCUT2D eigenvalue weighted by Crippen LogP contribution is -2.37. The average Bonchev–Trinajstić information content (AvgIpc) is 2.55. The fourth-order valence-electron chi connectivity index (χ4n) is 1.98. The van der Waals surface area contributed by atoms with Crippen LogP contribution in [0, 0.1) is 0 Å². The van der Waals surface area contributed by atoms with Gasteiger partial charge in [0.2, 0.25) is 0 Å². The molecule has 2 unspecified atom stereocenters. The van der Waals surface area contributed by atoms with E-state index < -0.39 is 0 Å². The molecule has 1 heterocycles. The molecule has 0 aliphatic carbocycles. The first-order valence-electron chi connectivity index (χ1n) is 5.68. The summed E-state index contributed by atoms with van der Waals surface area (Å²) in [5.74, 6) is 0. The molecule has 0 aromatic rings. The predicted octanol–water partition coefficient (Wildman–Crippen LogP) is 1.10. The molecular weight excluding hydrogens is 176 g/mol. The van der Waals surface area contributed by atoms with Crippen LogP contribution in [-0.2, 0) is 4.74 Å². The van der Waals surface area contributed by atoms with Gasteiger partial charge in [0.1, 0.15) is 0 Å². The summed E-state index contributed by atoms with van der Waals surface area (Å²) in [6.45, 7) is 5.39. The maximum absolute atomic E-state index is 5.57. The van der Waals surface area contributed by atoms with E-state index in [-0.39, 0.29) is 0 Å². The van der Waals surface area contributed by atoms with Crippen LogP contribution < -0.4 is 5.32 Å². The van der Waals surface area contributed by atoms with Crippen molar-refractivity contribution in [3.8, 4) is 0 Å².